The molecule has 6 aromatic rings. The van der Waals surface area contributed by atoms with E-state index in [1.165, 1.54) is 37.4 Å². The maximum atomic E-state index is 12.7. The van der Waals surface area contributed by atoms with E-state index in [0.29, 0.717) is 62.7 Å². The average Bonchev–Trinajstić information content (AvgIpc) is 4.28. The Bertz CT molecular complexity index is 2730. The zero-order valence-electron chi connectivity index (χ0n) is 37.7. The van der Waals surface area contributed by atoms with Crippen LogP contribution in [0.4, 0.5) is 51.9 Å². The summed E-state index contributed by atoms with van der Waals surface area (Å²) < 4.78 is 59.3. The molecule has 7 N–H and O–H groups in total. The molecule has 0 saturated heterocycles. The first-order chi connectivity index (χ1) is 33.3. The van der Waals surface area contributed by atoms with Crippen LogP contribution in [0.3, 0.4) is 0 Å². The largest absolute Gasteiger partial charge is 0.494 e. The number of carbonyl (C=O) groups excluding carboxylic acids is 4. The number of carbonyl (C=O) groups is 4. The van der Waals surface area contributed by atoms with E-state index in [9.17, 15) is 36.7 Å². The third-order valence-corrected chi connectivity index (χ3v) is 10.8. The van der Waals surface area contributed by atoms with Crippen LogP contribution in [0.5, 0.6) is 11.5 Å². The molecule has 2 aliphatic rings. The molecule has 0 spiro atoms. The van der Waals surface area contributed by atoms with Crippen molar-refractivity contribution in [2.24, 2.45) is 11.8 Å². The van der Waals surface area contributed by atoms with Crippen LogP contribution < -0.4 is 41.4 Å². The zero-order chi connectivity index (χ0) is 49.6. The lowest BCUT2D eigenvalue weighted by Gasteiger charge is -2.17. The summed E-state index contributed by atoms with van der Waals surface area (Å²) in [7, 11) is 6.11. The fourth-order valence-corrected chi connectivity index (χ4v) is 6.60. The number of rotatable bonds is 17. The number of anilines is 6. The summed E-state index contributed by atoms with van der Waals surface area (Å²) in [5, 5.41) is 28.1. The number of ether oxygens (including phenoxy) is 2. The summed E-state index contributed by atoms with van der Waals surface area (Å²) in [5.41, 5.74) is 5.33. The minimum absolute atomic E-state index is 0.00141. The first-order valence-electron chi connectivity index (χ1n) is 21.4. The Balaban J connectivity index is 0.000000208. The van der Waals surface area contributed by atoms with Crippen molar-refractivity contribution < 1.29 is 46.2 Å². The molecule has 0 bridgehead atoms. The van der Waals surface area contributed by atoms with E-state index >= 15 is 0 Å². The van der Waals surface area contributed by atoms with Gasteiger partial charge in [0.1, 0.15) is 18.2 Å². The summed E-state index contributed by atoms with van der Waals surface area (Å²) >= 11 is 2.56. The number of amides is 4. The van der Waals surface area contributed by atoms with Gasteiger partial charge in [-0.3, -0.25) is 29.0 Å². The number of halogens is 5. The maximum Gasteiger partial charge on any atom is 0.257 e. The number of H-pyrrole nitrogens is 1. The Morgan fingerprint density at radius 2 is 1.22 bits per heavy atom. The Kier molecular flexibility index (Phi) is 17.6. The molecule has 364 valence electrons. The second-order valence-electron chi connectivity index (χ2n) is 15.3. The van der Waals surface area contributed by atoms with Crippen molar-refractivity contribution in [3.05, 3.63) is 96.6 Å². The van der Waals surface area contributed by atoms with Crippen LogP contribution in [0.2, 0.25) is 0 Å². The molecule has 2 aliphatic carbocycles. The van der Waals surface area contributed by atoms with Gasteiger partial charge in [-0.05, 0) is 62.1 Å². The van der Waals surface area contributed by atoms with Gasteiger partial charge in [0, 0.05) is 74.0 Å². The Labute approximate surface area is 401 Å². The highest BCUT2D eigenvalue weighted by molar-refractivity contribution is 9.09. The molecule has 18 nitrogen and oxygen atoms in total. The van der Waals surface area contributed by atoms with E-state index in [2.05, 4.69) is 73.1 Å². The molecular formula is C46H49BrF4N12O6. The number of aromatic amines is 1. The molecule has 0 atom stereocenters. The van der Waals surface area contributed by atoms with Crippen molar-refractivity contribution in [3.8, 4) is 34.0 Å². The molecule has 4 aromatic heterocycles. The number of methoxy groups -OCH3 is 2. The molecule has 0 unspecified atom stereocenters. The van der Waals surface area contributed by atoms with E-state index in [1.54, 1.807) is 56.8 Å². The van der Waals surface area contributed by atoms with Crippen LogP contribution >= 0.6 is 15.9 Å². The van der Waals surface area contributed by atoms with Gasteiger partial charge in [-0.25, -0.2) is 27.5 Å². The molecule has 2 saturated carbocycles. The third-order valence-electron chi connectivity index (χ3n) is 10.3. The van der Waals surface area contributed by atoms with Crippen molar-refractivity contribution in [2.45, 2.75) is 45.1 Å². The molecule has 8 rings (SSSR count). The normalized spacial score (nSPS) is 12.7. The number of pyridine rings is 2. The molecule has 0 radical (unpaired) electrons. The summed E-state index contributed by atoms with van der Waals surface area (Å²) in [5.74, 6) is 0.915. The van der Waals surface area contributed by atoms with E-state index in [-0.39, 0.29) is 46.4 Å². The monoisotopic (exact) mass is 1020 g/mol. The van der Waals surface area contributed by atoms with Gasteiger partial charge in [-0.2, -0.15) is 10.2 Å². The number of nitrogens with zero attached hydrogens (tertiary/aromatic N) is 5. The van der Waals surface area contributed by atoms with Gasteiger partial charge in [-0.1, -0.05) is 28.1 Å². The lowest BCUT2D eigenvalue weighted by atomic mass is 10.1. The second kappa shape index (κ2) is 23.9. The number of benzene rings is 2. The smallest absolute Gasteiger partial charge is 0.257 e. The second-order valence-corrected chi connectivity index (χ2v) is 15.9. The van der Waals surface area contributed by atoms with Crippen molar-refractivity contribution in [3.63, 3.8) is 0 Å². The van der Waals surface area contributed by atoms with Crippen LogP contribution in [0, 0.1) is 11.8 Å². The lowest BCUT2D eigenvalue weighted by molar-refractivity contribution is -0.118. The van der Waals surface area contributed by atoms with Gasteiger partial charge in [0.25, 0.3) is 18.2 Å². The number of para-hydroxylation sites is 2. The minimum Gasteiger partial charge on any atom is -0.494 e. The summed E-state index contributed by atoms with van der Waals surface area (Å²) in [6.45, 7) is -0.512. The van der Waals surface area contributed by atoms with Crippen LogP contribution in [0.1, 0.15) is 46.4 Å². The fraction of sp³-hybridized carbons (Fsp3) is 0.304. The predicted octanol–water partition coefficient (Wildman–Crippen LogP) is 8.25. The van der Waals surface area contributed by atoms with Gasteiger partial charge < -0.3 is 41.4 Å². The van der Waals surface area contributed by atoms with Crippen molar-refractivity contribution in [2.75, 3.05) is 54.9 Å². The van der Waals surface area contributed by atoms with Crippen LogP contribution in [0.25, 0.3) is 22.5 Å². The number of alkyl halides is 5. The first-order valence-corrected chi connectivity index (χ1v) is 22.5. The molecule has 4 amide bonds. The minimum atomic E-state index is -2.52. The number of aromatic nitrogens is 6. The molecule has 69 heavy (non-hydrogen) atoms. The van der Waals surface area contributed by atoms with Crippen molar-refractivity contribution in [1.29, 1.82) is 0 Å². The van der Waals surface area contributed by atoms with Gasteiger partial charge in [0.05, 0.1) is 64.8 Å². The fourth-order valence-electron chi connectivity index (χ4n) is 6.60. The van der Waals surface area contributed by atoms with Gasteiger partial charge in [0.15, 0.2) is 11.5 Å². The molecule has 2 fully saturated rings. The van der Waals surface area contributed by atoms with Gasteiger partial charge in [0.2, 0.25) is 18.2 Å². The number of hydrogen-bond donors (Lipinski definition) is 7. The summed E-state index contributed by atoms with van der Waals surface area (Å²) in [6.07, 6.45) is 4.73. The molecule has 4 heterocycles. The third kappa shape index (κ3) is 13.8. The predicted molar refractivity (Wildman–Crippen MR) is 255 cm³/mol. The van der Waals surface area contributed by atoms with Gasteiger partial charge >= 0.3 is 0 Å². The first kappa shape index (κ1) is 50.8. The number of nitrogens with one attached hydrogen (secondary N) is 7. The highest BCUT2D eigenvalue weighted by atomic mass is 79.9. The van der Waals surface area contributed by atoms with Crippen LogP contribution in [0.15, 0.2) is 85.5 Å². The highest BCUT2D eigenvalue weighted by Gasteiger charge is 2.31. The highest BCUT2D eigenvalue weighted by Crippen LogP contribution is 2.40. The van der Waals surface area contributed by atoms with Crippen LogP contribution in [-0.4, -0.2) is 100 Å². The van der Waals surface area contributed by atoms with Crippen LogP contribution in [-0.2, 0) is 16.1 Å². The van der Waals surface area contributed by atoms with E-state index in [0.717, 1.165) is 36.9 Å². The molecule has 0 aliphatic heterocycles. The van der Waals surface area contributed by atoms with Crippen molar-refractivity contribution in [1.82, 2.24) is 40.6 Å². The quantitative estimate of drug-likeness (QED) is 0.0338. The van der Waals surface area contributed by atoms with E-state index in [4.69, 9.17) is 9.47 Å². The SMILES string of the molecule is CNC(=O)c1cnc(NC(=O)C2CC2)cc1Nc1cccc(-c2ccn(CC(F)F)n2)c1OC.CNC(=O)c1cnc(NC(=O)C2CC2)cc1Nc1cccc(-c2ccn[nH]2)c1OC.FC(F)CBr. The lowest BCUT2D eigenvalue weighted by Crippen LogP contribution is -2.20. The Morgan fingerprint density at radius 1 is 0.725 bits per heavy atom. The summed E-state index contributed by atoms with van der Waals surface area (Å²) in [6, 6.07) is 17.6. The van der Waals surface area contributed by atoms with E-state index < -0.39 is 19.4 Å². The summed E-state index contributed by atoms with van der Waals surface area (Å²) in [4.78, 5) is 57.5. The van der Waals surface area contributed by atoms with E-state index in [1.807, 2.05) is 24.3 Å². The topological polar surface area (TPSA) is 231 Å². The molecule has 2 aromatic carbocycles. The Morgan fingerprint density at radius 3 is 1.64 bits per heavy atom. The number of hydrogen-bond acceptors (Lipinski definition) is 12. The van der Waals surface area contributed by atoms with Crippen molar-refractivity contribution >= 4 is 73.9 Å². The Hall–Kier alpha value is -7.56. The standard InChI is InChI=1S/C23H24F2N6O3.C21H22N6O3.C2H3BrF2/c1-26-23(33)15-11-27-20(29-22(32)13-6-7-13)10-18(15)28-17-5-3-4-14(21(17)34-2)16-8-9-31(30-16)12-19(24)25;1-22-21(29)14-11-23-18(26-20(28)12-6-7-12)10-17(14)25-16-5-3-4-13(19(16)30-2)15-8-9-24-27-15;3-1-2(4)5/h3-5,8-11,13,19H,6-7,12H2,1-2H3,(H,26,33)(H2,27,28,29,32);3-5,8-12H,6-7H2,1-2H3,(H,22,29)(H,24,27)(H2,23,25,26,28);2H,1H2. The molecule has 23 heteroatoms. The average molecular weight is 1020 g/mol. The maximum absolute atomic E-state index is 12.7. The van der Waals surface area contributed by atoms with Gasteiger partial charge in [-0.15, -0.1) is 0 Å². The zero-order valence-corrected chi connectivity index (χ0v) is 39.3. The molecular weight excluding hydrogens is 972 g/mol.